The molecule has 1 fully saturated rings. The van der Waals surface area contributed by atoms with Gasteiger partial charge in [-0.15, -0.1) is 0 Å². The van der Waals surface area contributed by atoms with Crippen LogP contribution in [0, 0.1) is 11.8 Å². The molecule has 3 rings (SSSR count). The van der Waals surface area contributed by atoms with E-state index in [1.807, 2.05) is 6.20 Å². The van der Waals surface area contributed by atoms with Gasteiger partial charge in [0.15, 0.2) is 0 Å². The average molecular weight is 336 g/mol. The van der Waals surface area contributed by atoms with Crippen molar-refractivity contribution in [2.45, 2.75) is 71.6 Å². The summed E-state index contributed by atoms with van der Waals surface area (Å²) in [6.07, 6.45) is 13.4. The molecule has 0 spiro atoms. The van der Waals surface area contributed by atoms with Crippen LogP contribution < -0.4 is 0 Å². The Morgan fingerprint density at radius 3 is 2.48 bits per heavy atom. The van der Waals surface area contributed by atoms with E-state index in [-0.39, 0.29) is 0 Å². The fourth-order valence-electron chi connectivity index (χ4n) is 4.64. The largest absolute Gasteiger partial charge is 0.264 e. The molecule has 0 radical (unpaired) electrons. The van der Waals surface area contributed by atoms with Crippen LogP contribution in [0.25, 0.3) is 11.1 Å². The number of hydrogen-bond donors (Lipinski definition) is 0. The molecule has 1 unspecified atom stereocenters. The molecule has 0 bridgehead atoms. The van der Waals surface area contributed by atoms with Gasteiger partial charge in [0, 0.05) is 12.4 Å². The average Bonchev–Trinajstić information content (AvgIpc) is 2.68. The van der Waals surface area contributed by atoms with Crippen molar-refractivity contribution < 1.29 is 0 Å². The molecule has 25 heavy (non-hydrogen) atoms. The van der Waals surface area contributed by atoms with E-state index < -0.39 is 0 Å². The lowest BCUT2D eigenvalue weighted by Gasteiger charge is -2.33. The van der Waals surface area contributed by atoms with Gasteiger partial charge in [0.25, 0.3) is 0 Å². The SMILES string of the molecule is CCCc1ccccc1-c1ccncc1C(C)C1CCC(CC)CC1. The number of nitrogens with zero attached hydrogens (tertiary/aromatic N) is 1. The van der Waals surface area contributed by atoms with Crippen molar-refractivity contribution in [3.63, 3.8) is 0 Å². The summed E-state index contributed by atoms with van der Waals surface area (Å²) >= 11 is 0. The van der Waals surface area contributed by atoms with Gasteiger partial charge in [-0.05, 0) is 65.3 Å². The molecule has 0 amide bonds. The van der Waals surface area contributed by atoms with Crippen LogP contribution in [0.1, 0.15) is 76.3 Å². The monoisotopic (exact) mass is 335 g/mol. The van der Waals surface area contributed by atoms with Gasteiger partial charge >= 0.3 is 0 Å². The van der Waals surface area contributed by atoms with Crippen LogP contribution in [-0.4, -0.2) is 4.98 Å². The number of hydrogen-bond acceptors (Lipinski definition) is 1. The third-order valence-corrected chi connectivity index (χ3v) is 6.35. The molecule has 1 aromatic heterocycles. The summed E-state index contributed by atoms with van der Waals surface area (Å²) in [5.74, 6) is 2.36. The van der Waals surface area contributed by atoms with Crippen LogP contribution in [0.3, 0.4) is 0 Å². The Labute approximate surface area is 153 Å². The summed E-state index contributed by atoms with van der Waals surface area (Å²) < 4.78 is 0. The second-order valence-corrected chi connectivity index (χ2v) is 7.85. The molecule has 1 atom stereocenters. The first-order valence-electron chi connectivity index (χ1n) is 10.3. The minimum absolute atomic E-state index is 0.594. The van der Waals surface area contributed by atoms with Crippen LogP contribution >= 0.6 is 0 Å². The number of aryl methyl sites for hydroxylation is 1. The van der Waals surface area contributed by atoms with Crippen LogP contribution in [-0.2, 0) is 6.42 Å². The van der Waals surface area contributed by atoms with E-state index in [0.717, 1.165) is 18.3 Å². The van der Waals surface area contributed by atoms with Crippen molar-refractivity contribution in [2.75, 3.05) is 0 Å². The van der Waals surface area contributed by atoms with E-state index >= 15 is 0 Å². The Balaban J connectivity index is 1.89. The minimum atomic E-state index is 0.594. The van der Waals surface area contributed by atoms with Gasteiger partial charge in [0.1, 0.15) is 0 Å². The fraction of sp³-hybridized carbons (Fsp3) is 0.542. The maximum absolute atomic E-state index is 4.49. The van der Waals surface area contributed by atoms with Gasteiger partial charge in [0.05, 0.1) is 0 Å². The number of pyridine rings is 1. The normalized spacial score (nSPS) is 21.9. The van der Waals surface area contributed by atoms with Crippen LogP contribution in [0.2, 0.25) is 0 Å². The Hall–Kier alpha value is -1.63. The van der Waals surface area contributed by atoms with Crippen molar-refractivity contribution in [2.24, 2.45) is 11.8 Å². The molecule has 1 nitrogen and oxygen atoms in total. The highest BCUT2D eigenvalue weighted by molar-refractivity contribution is 5.71. The maximum atomic E-state index is 4.49. The topological polar surface area (TPSA) is 12.9 Å². The summed E-state index contributed by atoms with van der Waals surface area (Å²) in [7, 11) is 0. The van der Waals surface area contributed by atoms with Gasteiger partial charge in [-0.3, -0.25) is 4.98 Å². The maximum Gasteiger partial charge on any atom is 0.0308 e. The van der Waals surface area contributed by atoms with Crippen molar-refractivity contribution >= 4 is 0 Å². The molecule has 1 heteroatoms. The lowest BCUT2D eigenvalue weighted by molar-refractivity contribution is 0.244. The van der Waals surface area contributed by atoms with Crippen molar-refractivity contribution in [3.8, 4) is 11.1 Å². The molecule has 1 aliphatic rings. The molecular formula is C24H33N. The van der Waals surface area contributed by atoms with Crippen molar-refractivity contribution in [1.29, 1.82) is 0 Å². The van der Waals surface area contributed by atoms with E-state index in [0.29, 0.717) is 5.92 Å². The van der Waals surface area contributed by atoms with E-state index in [9.17, 15) is 0 Å². The number of rotatable bonds is 6. The molecule has 1 saturated carbocycles. The molecule has 0 N–H and O–H groups in total. The first-order valence-corrected chi connectivity index (χ1v) is 10.3. The molecule has 1 heterocycles. The molecule has 1 aromatic carbocycles. The second kappa shape index (κ2) is 8.65. The van der Waals surface area contributed by atoms with Crippen molar-refractivity contribution in [3.05, 3.63) is 53.9 Å². The smallest absolute Gasteiger partial charge is 0.0308 e. The highest BCUT2D eigenvalue weighted by Gasteiger charge is 2.27. The van der Waals surface area contributed by atoms with Gasteiger partial charge in [-0.2, -0.15) is 0 Å². The zero-order valence-corrected chi connectivity index (χ0v) is 16.2. The van der Waals surface area contributed by atoms with Gasteiger partial charge < -0.3 is 0 Å². The van der Waals surface area contributed by atoms with E-state index in [1.54, 1.807) is 0 Å². The first-order chi connectivity index (χ1) is 12.2. The van der Waals surface area contributed by atoms with E-state index in [4.69, 9.17) is 0 Å². The minimum Gasteiger partial charge on any atom is -0.264 e. The predicted octanol–water partition coefficient (Wildman–Crippen LogP) is 7.02. The fourth-order valence-corrected chi connectivity index (χ4v) is 4.64. The zero-order valence-electron chi connectivity index (χ0n) is 16.2. The third kappa shape index (κ3) is 4.14. The summed E-state index contributed by atoms with van der Waals surface area (Å²) in [6, 6.07) is 11.2. The predicted molar refractivity (Wildman–Crippen MR) is 108 cm³/mol. The van der Waals surface area contributed by atoms with E-state index in [1.165, 1.54) is 60.8 Å². The summed E-state index contributed by atoms with van der Waals surface area (Å²) in [4.78, 5) is 4.49. The summed E-state index contributed by atoms with van der Waals surface area (Å²) in [5, 5.41) is 0. The Bertz CT molecular complexity index is 667. The third-order valence-electron chi connectivity index (χ3n) is 6.35. The Morgan fingerprint density at radius 2 is 1.76 bits per heavy atom. The summed E-state index contributed by atoms with van der Waals surface area (Å²) in [5.41, 5.74) is 5.74. The molecule has 2 aromatic rings. The lowest BCUT2D eigenvalue weighted by Crippen LogP contribution is -2.19. The first kappa shape index (κ1) is 18.2. The van der Waals surface area contributed by atoms with Gasteiger partial charge in [-0.1, -0.05) is 70.7 Å². The van der Waals surface area contributed by atoms with E-state index in [2.05, 4.69) is 62.3 Å². The number of aromatic nitrogens is 1. The molecule has 0 aliphatic heterocycles. The molecule has 0 saturated heterocycles. The van der Waals surface area contributed by atoms with Gasteiger partial charge in [-0.25, -0.2) is 0 Å². The Morgan fingerprint density at radius 1 is 1.00 bits per heavy atom. The zero-order chi connectivity index (χ0) is 17.6. The van der Waals surface area contributed by atoms with Crippen molar-refractivity contribution in [1.82, 2.24) is 4.98 Å². The standard InChI is InChI=1S/C24H33N/c1-4-8-21-9-6-7-10-22(21)23-15-16-25-17-24(23)18(3)20-13-11-19(5-2)12-14-20/h6-7,9-10,15-20H,4-5,8,11-14H2,1-3H3. The highest BCUT2D eigenvalue weighted by atomic mass is 14.6. The number of benzene rings is 1. The second-order valence-electron chi connectivity index (χ2n) is 7.85. The van der Waals surface area contributed by atoms with Crippen LogP contribution in [0.15, 0.2) is 42.7 Å². The quantitative estimate of drug-likeness (QED) is 0.552. The molecular weight excluding hydrogens is 302 g/mol. The van der Waals surface area contributed by atoms with Crippen LogP contribution in [0.5, 0.6) is 0 Å². The van der Waals surface area contributed by atoms with Crippen LogP contribution in [0.4, 0.5) is 0 Å². The highest BCUT2D eigenvalue weighted by Crippen LogP contribution is 2.42. The molecule has 1 aliphatic carbocycles. The lowest BCUT2D eigenvalue weighted by atomic mass is 9.73. The Kier molecular flexibility index (Phi) is 6.29. The molecule has 134 valence electrons. The summed E-state index contributed by atoms with van der Waals surface area (Å²) in [6.45, 7) is 7.04. The van der Waals surface area contributed by atoms with Gasteiger partial charge in [0.2, 0.25) is 0 Å².